The highest BCUT2D eigenvalue weighted by Gasteiger charge is 2.38. The summed E-state index contributed by atoms with van der Waals surface area (Å²) in [6.45, 7) is -0.781. The zero-order valence-corrected chi connectivity index (χ0v) is 10.6. The number of hydrogen-bond donors (Lipinski definition) is 2. The molecule has 0 aliphatic rings. The summed E-state index contributed by atoms with van der Waals surface area (Å²) >= 11 is 0. The van der Waals surface area contributed by atoms with E-state index >= 15 is 0 Å². The van der Waals surface area contributed by atoms with E-state index in [0.717, 1.165) is 16.7 Å². The van der Waals surface area contributed by atoms with Crippen molar-refractivity contribution in [1.82, 2.24) is 9.55 Å². The molecule has 2 rings (SSSR count). The molecule has 1 heterocycles. The van der Waals surface area contributed by atoms with Crippen LogP contribution in [0.25, 0.3) is 0 Å². The Labute approximate surface area is 117 Å². The fraction of sp³-hybridized carbons (Fsp3) is 0.308. The molecule has 2 atom stereocenters. The Bertz CT molecular complexity index is 595. The molecule has 8 heteroatoms. The van der Waals surface area contributed by atoms with Gasteiger partial charge in [0.25, 0.3) is 0 Å². The van der Waals surface area contributed by atoms with Gasteiger partial charge in [-0.3, -0.25) is 0 Å². The van der Waals surface area contributed by atoms with Crippen LogP contribution in [0.5, 0.6) is 0 Å². The summed E-state index contributed by atoms with van der Waals surface area (Å²) in [4.78, 5) is 3.79. The fourth-order valence-electron chi connectivity index (χ4n) is 1.81. The Hall–Kier alpha value is -1.93. The van der Waals surface area contributed by atoms with Crippen LogP contribution in [0.3, 0.4) is 0 Å². The van der Waals surface area contributed by atoms with Crippen LogP contribution in [0.1, 0.15) is 17.5 Å². The van der Waals surface area contributed by atoms with Crippen molar-refractivity contribution in [3.63, 3.8) is 0 Å². The largest absolute Gasteiger partial charge is 0.416 e. The molecule has 0 radical (unpaired) electrons. The third-order valence-electron chi connectivity index (χ3n) is 2.93. The SMILES string of the molecule is O[C@@H](c1ccc(F)cc1)c1nccn1C[C@H](O)C(F)(F)F. The third-order valence-corrected chi connectivity index (χ3v) is 2.93. The van der Waals surface area contributed by atoms with Crippen LogP contribution in [-0.4, -0.2) is 32.0 Å². The highest BCUT2D eigenvalue weighted by Crippen LogP contribution is 2.24. The van der Waals surface area contributed by atoms with E-state index in [1.807, 2.05) is 0 Å². The minimum absolute atomic E-state index is 0.0649. The summed E-state index contributed by atoms with van der Waals surface area (Å²) < 4.78 is 50.9. The number of hydrogen-bond acceptors (Lipinski definition) is 3. The lowest BCUT2D eigenvalue weighted by molar-refractivity contribution is -0.207. The van der Waals surface area contributed by atoms with Crippen molar-refractivity contribution in [2.45, 2.75) is 24.9 Å². The Balaban J connectivity index is 2.21. The molecule has 0 saturated heterocycles. The first-order chi connectivity index (χ1) is 9.79. The molecule has 0 bridgehead atoms. The molecule has 2 aromatic rings. The van der Waals surface area contributed by atoms with Gasteiger partial charge in [0.1, 0.15) is 17.7 Å². The first-order valence-corrected chi connectivity index (χ1v) is 5.98. The third kappa shape index (κ3) is 3.59. The first kappa shape index (κ1) is 15.5. The smallest absolute Gasteiger partial charge is 0.382 e. The van der Waals surface area contributed by atoms with Crippen molar-refractivity contribution in [3.05, 3.63) is 53.9 Å². The van der Waals surface area contributed by atoms with Crippen molar-refractivity contribution >= 4 is 0 Å². The molecule has 0 amide bonds. The molecule has 2 N–H and O–H groups in total. The van der Waals surface area contributed by atoms with Crippen molar-refractivity contribution < 1.29 is 27.8 Å². The van der Waals surface area contributed by atoms with E-state index in [2.05, 4.69) is 4.98 Å². The number of imidazole rings is 1. The zero-order chi connectivity index (χ0) is 15.6. The van der Waals surface area contributed by atoms with Gasteiger partial charge in [0.05, 0.1) is 6.54 Å². The quantitative estimate of drug-likeness (QED) is 0.850. The molecule has 0 fully saturated rings. The summed E-state index contributed by atoms with van der Waals surface area (Å²) in [6, 6.07) is 4.85. The number of alkyl halides is 3. The van der Waals surface area contributed by atoms with Crippen LogP contribution in [0.4, 0.5) is 17.6 Å². The van der Waals surface area contributed by atoms with E-state index in [9.17, 15) is 22.7 Å². The van der Waals surface area contributed by atoms with Gasteiger partial charge in [-0.05, 0) is 17.7 Å². The number of benzene rings is 1. The van der Waals surface area contributed by atoms with Crippen LogP contribution in [-0.2, 0) is 6.54 Å². The van der Waals surface area contributed by atoms with Crippen LogP contribution >= 0.6 is 0 Å². The normalized spacial score (nSPS) is 15.0. The summed E-state index contributed by atoms with van der Waals surface area (Å²) in [5.74, 6) is -0.563. The predicted octanol–water partition coefficient (Wildman–Crippen LogP) is 2.03. The Morgan fingerprint density at radius 1 is 1.14 bits per heavy atom. The summed E-state index contributed by atoms with van der Waals surface area (Å²) in [6.07, 6.45) is -6.21. The summed E-state index contributed by atoms with van der Waals surface area (Å²) in [5.41, 5.74) is 0.283. The number of aromatic nitrogens is 2. The highest BCUT2D eigenvalue weighted by atomic mass is 19.4. The Morgan fingerprint density at radius 2 is 1.76 bits per heavy atom. The maximum atomic E-state index is 12.8. The average Bonchev–Trinajstić information content (AvgIpc) is 2.86. The molecule has 1 aromatic heterocycles. The van der Waals surface area contributed by atoms with Gasteiger partial charge in [-0.15, -0.1) is 0 Å². The molecule has 0 aliphatic heterocycles. The van der Waals surface area contributed by atoms with Gasteiger partial charge in [0, 0.05) is 12.4 Å². The second-order valence-electron chi connectivity index (χ2n) is 4.45. The van der Waals surface area contributed by atoms with Gasteiger partial charge < -0.3 is 14.8 Å². The minimum atomic E-state index is -4.76. The number of nitrogens with zero attached hydrogens (tertiary/aromatic N) is 2. The van der Waals surface area contributed by atoms with Gasteiger partial charge in [0.15, 0.2) is 6.10 Å². The maximum Gasteiger partial charge on any atom is 0.416 e. The molecule has 0 unspecified atom stereocenters. The van der Waals surface area contributed by atoms with Crippen molar-refractivity contribution in [3.8, 4) is 0 Å². The van der Waals surface area contributed by atoms with E-state index < -0.39 is 30.7 Å². The molecule has 0 saturated carbocycles. The lowest BCUT2D eigenvalue weighted by Gasteiger charge is -2.18. The van der Waals surface area contributed by atoms with Crippen LogP contribution in [0.2, 0.25) is 0 Å². The van der Waals surface area contributed by atoms with E-state index in [4.69, 9.17) is 5.11 Å². The predicted molar refractivity (Wildman–Crippen MR) is 64.8 cm³/mol. The van der Waals surface area contributed by atoms with E-state index in [1.165, 1.54) is 24.5 Å². The summed E-state index contributed by atoms with van der Waals surface area (Å²) in [7, 11) is 0. The van der Waals surface area contributed by atoms with Crippen molar-refractivity contribution in [1.29, 1.82) is 0 Å². The number of rotatable bonds is 4. The molecule has 0 aliphatic carbocycles. The Kier molecular flexibility index (Phi) is 4.29. The topological polar surface area (TPSA) is 58.3 Å². The average molecular weight is 304 g/mol. The van der Waals surface area contributed by atoms with Gasteiger partial charge in [-0.1, -0.05) is 12.1 Å². The van der Waals surface area contributed by atoms with Gasteiger partial charge >= 0.3 is 6.18 Å². The van der Waals surface area contributed by atoms with E-state index in [-0.39, 0.29) is 11.4 Å². The van der Waals surface area contributed by atoms with E-state index in [0.29, 0.717) is 0 Å². The van der Waals surface area contributed by atoms with Crippen molar-refractivity contribution in [2.75, 3.05) is 0 Å². The number of halogens is 4. The lowest BCUT2D eigenvalue weighted by atomic mass is 10.1. The monoisotopic (exact) mass is 304 g/mol. The Morgan fingerprint density at radius 3 is 2.33 bits per heavy atom. The maximum absolute atomic E-state index is 12.8. The molecule has 1 aromatic carbocycles. The number of aliphatic hydroxyl groups is 2. The zero-order valence-electron chi connectivity index (χ0n) is 10.6. The van der Waals surface area contributed by atoms with Crippen LogP contribution in [0, 0.1) is 5.82 Å². The molecule has 4 nitrogen and oxygen atoms in total. The molecule has 114 valence electrons. The number of aliphatic hydroxyl groups excluding tert-OH is 2. The van der Waals surface area contributed by atoms with Gasteiger partial charge in [-0.2, -0.15) is 13.2 Å². The second kappa shape index (κ2) is 5.82. The molecular weight excluding hydrogens is 292 g/mol. The second-order valence-corrected chi connectivity index (χ2v) is 4.45. The minimum Gasteiger partial charge on any atom is -0.382 e. The fourth-order valence-corrected chi connectivity index (χ4v) is 1.81. The highest BCUT2D eigenvalue weighted by molar-refractivity contribution is 5.23. The van der Waals surface area contributed by atoms with Gasteiger partial charge in [0.2, 0.25) is 0 Å². The molecular formula is C13H12F4N2O2. The molecule has 21 heavy (non-hydrogen) atoms. The first-order valence-electron chi connectivity index (χ1n) is 5.98. The lowest BCUT2D eigenvalue weighted by Crippen LogP contribution is -2.33. The van der Waals surface area contributed by atoms with Gasteiger partial charge in [-0.25, -0.2) is 9.37 Å². The van der Waals surface area contributed by atoms with Crippen molar-refractivity contribution in [2.24, 2.45) is 0 Å². The molecule has 0 spiro atoms. The van der Waals surface area contributed by atoms with Crippen LogP contribution in [0.15, 0.2) is 36.7 Å². The summed E-state index contributed by atoms with van der Waals surface area (Å²) in [5, 5.41) is 19.2. The van der Waals surface area contributed by atoms with Crippen LogP contribution < -0.4 is 0 Å². The standard InChI is InChI=1S/C13H12F4N2O2/c14-9-3-1-8(2-4-9)11(21)12-18-5-6-19(12)7-10(20)13(15,16)17/h1-6,10-11,20-21H,7H2/t10-,11-/m0/s1. The van der Waals surface area contributed by atoms with E-state index in [1.54, 1.807) is 0 Å².